The normalized spacial score (nSPS) is 10.4. The van der Waals surface area contributed by atoms with E-state index in [4.69, 9.17) is 16.3 Å². The second-order valence-corrected chi connectivity index (χ2v) is 5.90. The van der Waals surface area contributed by atoms with Gasteiger partial charge < -0.3 is 19.7 Å². The molecule has 0 aliphatic carbocycles. The highest BCUT2D eigenvalue weighted by molar-refractivity contribution is 6.30. The van der Waals surface area contributed by atoms with E-state index in [2.05, 4.69) is 10.1 Å². The standard InChI is InChI=1S/C18H17ClF2N2O4/c1-23(10-16(24)22-13-6-4-12(19)5-7-13)17(25)11-3-8-14(27-18(20)21)15(9-11)26-2/h3-9,18H,10H2,1-2H3,(H,22,24). The fourth-order valence-corrected chi connectivity index (χ4v) is 2.36. The number of amides is 2. The Hall–Kier alpha value is -2.87. The van der Waals surface area contributed by atoms with Crippen molar-refractivity contribution in [1.29, 1.82) is 0 Å². The molecule has 0 saturated carbocycles. The summed E-state index contributed by atoms with van der Waals surface area (Å²) < 4.78 is 34.0. The number of nitrogens with zero attached hydrogens (tertiary/aromatic N) is 1. The van der Waals surface area contributed by atoms with Gasteiger partial charge in [0.2, 0.25) is 5.91 Å². The zero-order valence-electron chi connectivity index (χ0n) is 14.5. The van der Waals surface area contributed by atoms with E-state index in [1.165, 1.54) is 37.3 Å². The molecule has 0 bridgehead atoms. The number of anilines is 1. The average molecular weight is 399 g/mol. The molecule has 6 nitrogen and oxygen atoms in total. The third-order valence-electron chi connectivity index (χ3n) is 3.48. The molecule has 0 heterocycles. The molecule has 27 heavy (non-hydrogen) atoms. The van der Waals surface area contributed by atoms with Crippen LogP contribution in [0.5, 0.6) is 11.5 Å². The van der Waals surface area contributed by atoms with Gasteiger partial charge in [-0.1, -0.05) is 11.6 Å². The predicted octanol–water partition coefficient (Wildman–Crippen LogP) is 3.66. The topological polar surface area (TPSA) is 67.9 Å². The maximum absolute atomic E-state index is 12.5. The highest BCUT2D eigenvalue weighted by atomic mass is 35.5. The third-order valence-corrected chi connectivity index (χ3v) is 3.73. The molecule has 0 saturated heterocycles. The van der Waals surface area contributed by atoms with Gasteiger partial charge in [0.1, 0.15) is 0 Å². The quantitative estimate of drug-likeness (QED) is 0.772. The molecule has 0 unspecified atom stereocenters. The van der Waals surface area contributed by atoms with Crippen molar-refractivity contribution >= 4 is 29.1 Å². The first kappa shape index (κ1) is 20.4. The van der Waals surface area contributed by atoms with E-state index in [9.17, 15) is 18.4 Å². The van der Waals surface area contributed by atoms with Crippen LogP contribution in [-0.4, -0.2) is 44.0 Å². The fourth-order valence-electron chi connectivity index (χ4n) is 2.24. The highest BCUT2D eigenvalue weighted by Gasteiger charge is 2.18. The number of hydrogen-bond acceptors (Lipinski definition) is 4. The Morgan fingerprint density at radius 2 is 1.81 bits per heavy atom. The van der Waals surface area contributed by atoms with E-state index in [1.54, 1.807) is 24.3 Å². The molecule has 0 aliphatic rings. The van der Waals surface area contributed by atoms with Crippen molar-refractivity contribution in [1.82, 2.24) is 4.90 Å². The summed E-state index contributed by atoms with van der Waals surface area (Å²) >= 11 is 5.78. The van der Waals surface area contributed by atoms with E-state index < -0.39 is 18.4 Å². The van der Waals surface area contributed by atoms with E-state index in [1.807, 2.05) is 0 Å². The van der Waals surface area contributed by atoms with Gasteiger partial charge in [0.05, 0.1) is 13.7 Å². The van der Waals surface area contributed by atoms with Crippen LogP contribution >= 0.6 is 11.6 Å². The molecule has 0 fully saturated rings. The maximum Gasteiger partial charge on any atom is 0.387 e. The van der Waals surface area contributed by atoms with Crippen LogP contribution in [0.1, 0.15) is 10.4 Å². The molecule has 2 rings (SSSR count). The summed E-state index contributed by atoms with van der Waals surface area (Å²) in [6.07, 6.45) is 0. The number of alkyl halides is 2. The van der Waals surface area contributed by atoms with Gasteiger partial charge in [0, 0.05) is 23.3 Å². The van der Waals surface area contributed by atoms with Crippen LogP contribution in [0, 0.1) is 0 Å². The average Bonchev–Trinajstić information content (AvgIpc) is 2.62. The minimum absolute atomic E-state index is 0.0137. The highest BCUT2D eigenvalue weighted by Crippen LogP contribution is 2.29. The lowest BCUT2D eigenvalue weighted by Gasteiger charge is -2.18. The number of benzene rings is 2. The van der Waals surface area contributed by atoms with Crippen molar-refractivity contribution < 1.29 is 27.8 Å². The van der Waals surface area contributed by atoms with Crippen LogP contribution in [0.25, 0.3) is 0 Å². The van der Waals surface area contributed by atoms with E-state index in [-0.39, 0.29) is 23.6 Å². The van der Waals surface area contributed by atoms with Crippen LogP contribution in [0.3, 0.4) is 0 Å². The summed E-state index contributed by atoms with van der Waals surface area (Å²) in [5, 5.41) is 3.18. The Morgan fingerprint density at radius 3 is 2.41 bits per heavy atom. The molecule has 2 amide bonds. The summed E-state index contributed by atoms with van der Waals surface area (Å²) in [6.45, 7) is -3.22. The number of ether oxygens (including phenoxy) is 2. The number of halogens is 3. The summed E-state index contributed by atoms with van der Waals surface area (Å²) in [6, 6.07) is 10.3. The van der Waals surface area contributed by atoms with E-state index in [0.717, 1.165) is 0 Å². The molecule has 9 heteroatoms. The number of rotatable bonds is 7. The number of nitrogens with one attached hydrogen (secondary N) is 1. The molecule has 1 N–H and O–H groups in total. The van der Waals surface area contributed by atoms with Crippen LogP contribution in [0.4, 0.5) is 14.5 Å². The lowest BCUT2D eigenvalue weighted by molar-refractivity contribution is -0.116. The van der Waals surface area contributed by atoms with Gasteiger partial charge in [-0.2, -0.15) is 8.78 Å². The van der Waals surface area contributed by atoms with E-state index >= 15 is 0 Å². The molecule has 0 atom stereocenters. The minimum atomic E-state index is -3.01. The number of likely N-dealkylation sites (N-methyl/N-ethyl adjacent to an activating group) is 1. The van der Waals surface area contributed by atoms with Gasteiger partial charge in [-0.15, -0.1) is 0 Å². The van der Waals surface area contributed by atoms with Crippen molar-refractivity contribution in [2.45, 2.75) is 6.61 Å². The van der Waals surface area contributed by atoms with Crippen molar-refractivity contribution in [3.8, 4) is 11.5 Å². The molecular weight excluding hydrogens is 382 g/mol. The Bertz CT molecular complexity index is 816. The second kappa shape index (κ2) is 9.18. The van der Waals surface area contributed by atoms with Crippen molar-refractivity contribution in [3.63, 3.8) is 0 Å². The van der Waals surface area contributed by atoms with Gasteiger partial charge in [0.15, 0.2) is 11.5 Å². The summed E-state index contributed by atoms with van der Waals surface area (Å²) in [5.74, 6) is -1.09. The van der Waals surface area contributed by atoms with Crippen LogP contribution in [0.15, 0.2) is 42.5 Å². The lowest BCUT2D eigenvalue weighted by Crippen LogP contribution is -2.34. The Morgan fingerprint density at radius 1 is 1.15 bits per heavy atom. The Balaban J connectivity index is 2.03. The largest absolute Gasteiger partial charge is 0.493 e. The Labute approximate surface area is 159 Å². The molecule has 2 aromatic carbocycles. The van der Waals surface area contributed by atoms with E-state index in [0.29, 0.717) is 10.7 Å². The van der Waals surface area contributed by atoms with Crippen LogP contribution in [0.2, 0.25) is 5.02 Å². The van der Waals surface area contributed by atoms with Crippen molar-refractivity contribution in [3.05, 3.63) is 53.1 Å². The predicted molar refractivity (Wildman–Crippen MR) is 96.7 cm³/mol. The molecule has 0 aromatic heterocycles. The lowest BCUT2D eigenvalue weighted by atomic mass is 10.1. The SMILES string of the molecule is COc1cc(C(=O)N(C)CC(=O)Nc2ccc(Cl)cc2)ccc1OC(F)F. The molecule has 144 valence electrons. The van der Waals surface area contributed by atoms with Gasteiger partial charge in [-0.3, -0.25) is 9.59 Å². The van der Waals surface area contributed by atoms with Crippen LogP contribution in [-0.2, 0) is 4.79 Å². The number of methoxy groups -OCH3 is 1. The molecular formula is C18H17ClF2N2O4. The summed E-state index contributed by atoms with van der Waals surface area (Å²) in [4.78, 5) is 25.7. The zero-order chi connectivity index (χ0) is 20.0. The van der Waals surface area contributed by atoms with Gasteiger partial charge in [-0.05, 0) is 42.5 Å². The number of carbonyl (C=O) groups excluding carboxylic acids is 2. The first-order valence-electron chi connectivity index (χ1n) is 7.74. The smallest absolute Gasteiger partial charge is 0.387 e. The molecule has 0 spiro atoms. The third kappa shape index (κ3) is 5.82. The van der Waals surface area contributed by atoms with Gasteiger partial charge in [0.25, 0.3) is 5.91 Å². The number of carbonyl (C=O) groups is 2. The summed E-state index contributed by atoms with van der Waals surface area (Å²) in [5.41, 5.74) is 0.704. The van der Waals surface area contributed by atoms with Gasteiger partial charge in [-0.25, -0.2) is 0 Å². The first-order valence-corrected chi connectivity index (χ1v) is 8.11. The number of hydrogen-bond donors (Lipinski definition) is 1. The maximum atomic E-state index is 12.5. The second-order valence-electron chi connectivity index (χ2n) is 5.46. The first-order chi connectivity index (χ1) is 12.8. The van der Waals surface area contributed by atoms with Crippen LogP contribution < -0.4 is 14.8 Å². The summed E-state index contributed by atoms with van der Waals surface area (Å²) in [7, 11) is 2.71. The monoisotopic (exact) mass is 398 g/mol. The molecule has 0 aliphatic heterocycles. The zero-order valence-corrected chi connectivity index (χ0v) is 15.3. The van der Waals surface area contributed by atoms with Crippen molar-refractivity contribution in [2.75, 3.05) is 26.0 Å². The Kier molecular flexibility index (Phi) is 6.95. The van der Waals surface area contributed by atoms with Gasteiger partial charge >= 0.3 is 6.61 Å². The molecule has 2 aromatic rings. The van der Waals surface area contributed by atoms with Crippen molar-refractivity contribution in [2.24, 2.45) is 0 Å². The minimum Gasteiger partial charge on any atom is -0.493 e. The fraction of sp³-hybridized carbons (Fsp3) is 0.222. The molecule has 0 radical (unpaired) electrons.